The number of rotatable bonds is 6. The van der Waals surface area contributed by atoms with E-state index in [1.165, 1.54) is 24.3 Å². The second-order valence-electron chi connectivity index (χ2n) is 5.63. The third-order valence-corrected chi connectivity index (χ3v) is 5.76. The van der Waals surface area contributed by atoms with Gasteiger partial charge in [0.15, 0.2) is 0 Å². The van der Waals surface area contributed by atoms with E-state index in [4.69, 9.17) is 21.2 Å². The third-order valence-electron chi connectivity index (χ3n) is 3.69. The molecule has 1 aliphatic heterocycles. The van der Waals surface area contributed by atoms with Crippen molar-refractivity contribution in [3.63, 3.8) is 0 Å². The number of thiocarbonyl (C=S) groups is 1. The lowest BCUT2D eigenvalue weighted by atomic mass is 10.1. The first-order valence-electron chi connectivity index (χ1n) is 7.69. The largest absolute Gasteiger partial charge is 0.457 e. The van der Waals surface area contributed by atoms with E-state index in [0.29, 0.717) is 17.1 Å². The quantitative estimate of drug-likeness (QED) is 0.237. The molecule has 1 N–H and O–H groups in total. The van der Waals surface area contributed by atoms with Crippen LogP contribution in [0.1, 0.15) is 5.76 Å². The Morgan fingerprint density at radius 3 is 2.75 bits per heavy atom. The van der Waals surface area contributed by atoms with Crippen LogP contribution < -0.4 is 0 Å². The van der Waals surface area contributed by atoms with E-state index in [1.54, 1.807) is 18.2 Å². The molecule has 3 rings (SSSR count). The molecule has 0 radical (unpaired) electrons. The molecule has 2 aromatic rings. The maximum Gasteiger partial charge on any atom is 0.270 e. The van der Waals surface area contributed by atoms with Crippen LogP contribution in [0.4, 0.5) is 5.69 Å². The summed E-state index contributed by atoms with van der Waals surface area (Å²) < 4.78 is 36.4. The number of non-ortho nitro benzene ring substituents is 1. The maximum atomic E-state index is 12.4. The van der Waals surface area contributed by atoms with Crippen LogP contribution in [-0.2, 0) is 14.9 Å². The number of hydrogen-bond donors (Lipinski definition) is 1. The Kier molecular flexibility index (Phi) is 5.65. The van der Waals surface area contributed by atoms with Crippen molar-refractivity contribution in [3.05, 3.63) is 57.2 Å². The van der Waals surface area contributed by atoms with Gasteiger partial charge in [0.25, 0.3) is 21.7 Å². The summed E-state index contributed by atoms with van der Waals surface area (Å²) in [6.07, 6.45) is 1.45. The summed E-state index contributed by atoms with van der Waals surface area (Å²) in [4.78, 5) is 24.1. The smallest absolute Gasteiger partial charge is 0.270 e. The van der Waals surface area contributed by atoms with E-state index in [2.05, 4.69) is 0 Å². The Bertz CT molecular complexity index is 1100. The first kappa shape index (κ1) is 20.2. The van der Waals surface area contributed by atoms with Crippen LogP contribution in [0.5, 0.6) is 0 Å². The van der Waals surface area contributed by atoms with Crippen molar-refractivity contribution in [2.75, 3.05) is 12.3 Å². The molecule has 0 saturated carbocycles. The van der Waals surface area contributed by atoms with E-state index in [1.807, 2.05) is 0 Å². The van der Waals surface area contributed by atoms with E-state index in [-0.39, 0.29) is 21.5 Å². The van der Waals surface area contributed by atoms with Gasteiger partial charge in [-0.15, -0.1) is 0 Å². The lowest BCUT2D eigenvalue weighted by Crippen LogP contribution is -2.32. The van der Waals surface area contributed by atoms with Gasteiger partial charge in [-0.25, -0.2) is 0 Å². The summed E-state index contributed by atoms with van der Waals surface area (Å²) in [6, 6.07) is 9.14. The minimum absolute atomic E-state index is 0.0739. The van der Waals surface area contributed by atoms with Crippen molar-refractivity contribution in [2.45, 2.75) is 0 Å². The highest BCUT2D eigenvalue weighted by Crippen LogP contribution is 2.33. The molecular formula is C16H12N2O7S3. The second kappa shape index (κ2) is 7.83. The van der Waals surface area contributed by atoms with Gasteiger partial charge in [-0.1, -0.05) is 36.1 Å². The number of nitrogens with zero attached hydrogens (tertiary/aromatic N) is 2. The van der Waals surface area contributed by atoms with Gasteiger partial charge in [-0.05, 0) is 12.1 Å². The summed E-state index contributed by atoms with van der Waals surface area (Å²) in [5.74, 6) is -0.398. The summed E-state index contributed by atoms with van der Waals surface area (Å²) in [6.45, 7) is -0.252. The number of nitro groups is 1. The highest BCUT2D eigenvalue weighted by molar-refractivity contribution is 8.26. The highest BCUT2D eigenvalue weighted by atomic mass is 32.2. The van der Waals surface area contributed by atoms with Crippen LogP contribution in [0.15, 0.2) is 45.7 Å². The van der Waals surface area contributed by atoms with Gasteiger partial charge in [0.05, 0.1) is 15.6 Å². The van der Waals surface area contributed by atoms with Crippen molar-refractivity contribution in [1.82, 2.24) is 4.90 Å². The highest BCUT2D eigenvalue weighted by Gasteiger charge is 2.32. The van der Waals surface area contributed by atoms with Gasteiger partial charge < -0.3 is 4.42 Å². The molecule has 12 heteroatoms. The lowest BCUT2D eigenvalue weighted by Gasteiger charge is -2.12. The number of furan rings is 1. The van der Waals surface area contributed by atoms with Gasteiger partial charge in [-0.3, -0.25) is 24.4 Å². The molecule has 1 fully saturated rings. The van der Waals surface area contributed by atoms with Crippen molar-refractivity contribution in [1.29, 1.82) is 0 Å². The standard InChI is InChI=1S/C16H12N2O7S3/c19-15-14(27-16(26)17(15)6-7-28(22,23)24)9-12-4-5-13(25-12)10-2-1-3-11(8-10)18(20)21/h1-5,8-9H,6-7H2,(H,22,23,24)/b14-9+. The molecule has 28 heavy (non-hydrogen) atoms. The van der Waals surface area contributed by atoms with Gasteiger partial charge >= 0.3 is 0 Å². The number of amides is 1. The minimum Gasteiger partial charge on any atom is -0.457 e. The summed E-state index contributed by atoms with van der Waals surface area (Å²) in [7, 11) is -4.22. The number of nitro benzene ring substituents is 1. The van der Waals surface area contributed by atoms with E-state index >= 15 is 0 Å². The van der Waals surface area contributed by atoms with Gasteiger partial charge in [-0.2, -0.15) is 8.42 Å². The van der Waals surface area contributed by atoms with Crippen molar-refractivity contribution in [3.8, 4) is 11.3 Å². The molecule has 0 spiro atoms. The first-order chi connectivity index (χ1) is 13.1. The number of hydrogen-bond acceptors (Lipinski definition) is 8. The fourth-order valence-corrected chi connectivity index (χ4v) is 4.09. The van der Waals surface area contributed by atoms with Gasteiger partial charge in [0.1, 0.15) is 15.8 Å². The zero-order valence-electron chi connectivity index (χ0n) is 14.0. The van der Waals surface area contributed by atoms with Crippen LogP contribution in [0.3, 0.4) is 0 Å². The Morgan fingerprint density at radius 1 is 1.32 bits per heavy atom. The molecule has 0 aliphatic carbocycles. The van der Waals surface area contributed by atoms with Crippen LogP contribution in [0.25, 0.3) is 17.4 Å². The topological polar surface area (TPSA) is 131 Å². The molecule has 0 unspecified atom stereocenters. The number of carbonyl (C=O) groups excluding carboxylic acids is 1. The predicted octanol–water partition coefficient (Wildman–Crippen LogP) is 2.94. The zero-order chi connectivity index (χ0) is 20.5. The number of carbonyl (C=O) groups is 1. The maximum absolute atomic E-state index is 12.4. The monoisotopic (exact) mass is 440 g/mol. The molecule has 2 heterocycles. The average Bonchev–Trinajstić information content (AvgIpc) is 3.18. The predicted molar refractivity (Wildman–Crippen MR) is 107 cm³/mol. The van der Waals surface area contributed by atoms with E-state index < -0.39 is 26.7 Å². The molecular weight excluding hydrogens is 428 g/mol. The molecule has 9 nitrogen and oxygen atoms in total. The number of benzene rings is 1. The molecule has 1 aliphatic rings. The summed E-state index contributed by atoms with van der Waals surface area (Å²) >= 11 is 6.06. The van der Waals surface area contributed by atoms with Crippen molar-refractivity contribution in [2.24, 2.45) is 0 Å². The molecule has 0 bridgehead atoms. The van der Waals surface area contributed by atoms with Gasteiger partial charge in [0.2, 0.25) is 0 Å². The van der Waals surface area contributed by atoms with Crippen molar-refractivity contribution < 1.29 is 27.1 Å². The summed E-state index contributed by atoms with van der Waals surface area (Å²) in [5.41, 5.74) is 0.435. The molecule has 146 valence electrons. The lowest BCUT2D eigenvalue weighted by molar-refractivity contribution is -0.384. The molecule has 1 saturated heterocycles. The SMILES string of the molecule is O=C1/C(=C\c2ccc(-c3cccc([N+](=O)[O-])c3)o2)SC(=S)N1CCS(=O)(=O)O. The molecule has 0 atom stereocenters. The van der Waals surface area contributed by atoms with Crippen LogP contribution in [0.2, 0.25) is 0 Å². The second-order valence-corrected chi connectivity index (χ2v) is 8.88. The molecule has 1 amide bonds. The third kappa shape index (κ3) is 4.65. The Balaban J connectivity index is 1.80. The normalized spacial score (nSPS) is 16.2. The fourth-order valence-electron chi connectivity index (χ4n) is 2.39. The fraction of sp³-hybridized carbons (Fsp3) is 0.125. The zero-order valence-corrected chi connectivity index (χ0v) is 16.4. The Labute approximate surface area is 168 Å². The Morgan fingerprint density at radius 2 is 2.07 bits per heavy atom. The van der Waals surface area contributed by atoms with Gasteiger partial charge in [0, 0.05) is 30.3 Å². The van der Waals surface area contributed by atoms with Crippen LogP contribution >= 0.6 is 24.0 Å². The first-order valence-corrected chi connectivity index (χ1v) is 10.5. The van der Waals surface area contributed by atoms with E-state index in [0.717, 1.165) is 16.7 Å². The van der Waals surface area contributed by atoms with Crippen LogP contribution in [-0.4, -0.2) is 45.3 Å². The molecule has 1 aromatic carbocycles. The molecule has 1 aromatic heterocycles. The average molecular weight is 440 g/mol. The Hall–Kier alpha value is -2.54. The van der Waals surface area contributed by atoms with E-state index in [9.17, 15) is 23.3 Å². The van der Waals surface area contributed by atoms with Crippen molar-refractivity contribution >= 4 is 56.1 Å². The van der Waals surface area contributed by atoms with Crippen LogP contribution in [0, 0.1) is 10.1 Å². The number of thioether (sulfide) groups is 1. The minimum atomic E-state index is -4.22. The summed E-state index contributed by atoms with van der Waals surface area (Å²) in [5, 5.41) is 10.9.